The van der Waals surface area contributed by atoms with E-state index in [9.17, 15) is 18.3 Å². The van der Waals surface area contributed by atoms with E-state index in [4.69, 9.17) is 11.6 Å². The Kier molecular flexibility index (Phi) is 4.44. The van der Waals surface area contributed by atoms with Gasteiger partial charge in [-0.3, -0.25) is 4.79 Å². The molecule has 112 valence electrons. The molecule has 1 fully saturated rings. The number of thiophene rings is 1. The highest BCUT2D eigenvalue weighted by Crippen LogP contribution is 2.38. The van der Waals surface area contributed by atoms with Crippen LogP contribution in [-0.2, 0) is 14.8 Å². The molecule has 20 heavy (non-hydrogen) atoms. The summed E-state index contributed by atoms with van der Waals surface area (Å²) in [6.45, 7) is 1.66. The first kappa shape index (κ1) is 15.8. The third-order valence-electron chi connectivity index (χ3n) is 3.71. The lowest BCUT2D eigenvalue weighted by molar-refractivity contribution is -0.148. The van der Waals surface area contributed by atoms with Crippen LogP contribution < -0.4 is 4.72 Å². The second-order valence-electron chi connectivity index (χ2n) is 5.14. The first-order valence-electron chi connectivity index (χ1n) is 6.26. The van der Waals surface area contributed by atoms with E-state index in [-0.39, 0.29) is 10.8 Å². The highest BCUT2D eigenvalue weighted by atomic mass is 35.5. The summed E-state index contributed by atoms with van der Waals surface area (Å²) in [5.41, 5.74) is -0.269. The Morgan fingerprint density at radius 1 is 1.50 bits per heavy atom. The minimum atomic E-state index is -3.70. The van der Waals surface area contributed by atoms with Crippen molar-refractivity contribution in [2.75, 3.05) is 6.54 Å². The number of nitrogens with one attached hydrogen (secondary N) is 1. The Morgan fingerprint density at radius 3 is 2.55 bits per heavy atom. The molecule has 2 rings (SSSR count). The number of aryl methyl sites for hydroxylation is 1. The number of hydrogen-bond acceptors (Lipinski definition) is 4. The van der Waals surface area contributed by atoms with Crippen molar-refractivity contribution in [3.05, 3.63) is 16.0 Å². The van der Waals surface area contributed by atoms with Crippen molar-refractivity contribution in [2.45, 2.75) is 36.8 Å². The van der Waals surface area contributed by atoms with Crippen LogP contribution in [0, 0.1) is 12.3 Å². The molecular formula is C12H16ClNO4S2. The van der Waals surface area contributed by atoms with Gasteiger partial charge >= 0.3 is 5.97 Å². The predicted molar refractivity (Wildman–Crippen MR) is 77.8 cm³/mol. The molecule has 5 nitrogen and oxygen atoms in total. The van der Waals surface area contributed by atoms with Crippen LogP contribution in [0.25, 0.3) is 0 Å². The van der Waals surface area contributed by atoms with Crippen molar-refractivity contribution >= 4 is 38.9 Å². The van der Waals surface area contributed by atoms with Gasteiger partial charge in [0.1, 0.15) is 4.21 Å². The van der Waals surface area contributed by atoms with E-state index in [0.29, 0.717) is 22.7 Å². The van der Waals surface area contributed by atoms with E-state index >= 15 is 0 Å². The number of aliphatic carboxylic acids is 1. The van der Waals surface area contributed by atoms with Gasteiger partial charge in [0.15, 0.2) is 0 Å². The second kappa shape index (κ2) is 5.63. The van der Waals surface area contributed by atoms with E-state index in [1.807, 2.05) is 0 Å². The number of carboxylic acid groups (broad SMARTS) is 1. The maximum absolute atomic E-state index is 12.2. The van der Waals surface area contributed by atoms with Crippen molar-refractivity contribution in [2.24, 2.45) is 5.41 Å². The van der Waals surface area contributed by atoms with Crippen LogP contribution in [0.4, 0.5) is 0 Å². The van der Waals surface area contributed by atoms with Crippen LogP contribution in [0.2, 0.25) is 4.34 Å². The number of hydrogen-bond donors (Lipinski definition) is 2. The number of sulfonamides is 1. The second-order valence-corrected chi connectivity index (χ2v) is 8.79. The smallest absolute Gasteiger partial charge is 0.310 e. The van der Waals surface area contributed by atoms with Crippen LogP contribution in [-0.4, -0.2) is 26.0 Å². The zero-order chi connectivity index (χ0) is 15.0. The minimum Gasteiger partial charge on any atom is -0.481 e. The fourth-order valence-corrected chi connectivity index (χ4v) is 5.27. The molecule has 0 aliphatic heterocycles. The van der Waals surface area contributed by atoms with Gasteiger partial charge in [0, 0.05) is 6.54 Å². The molecule has 1 saturated carbocycles. The van der Waals surface area contributed by atoms with Gasteiger partial charge in [0.2, 0.25) is 10.0 Å². The highest BCUT2D eigenvalue weighted by Gasteiger charge is 2.42. The summed E-state index contributed by atoms with van der Waals surface area (Å²) in [4.78, 5) is 11.4. The molecule has 0 bridgehead atoms. The summed E-state index contributed by atoms with van der Waals surface area (Å²) in [5, 5.41) is 9.33. The van der Waals surface area contributed by atoms with E-state index in [2.05, 4.69) is 4.72 Å². The molecule has 1 aromatic rings. The van der Waals surface area contributed by atoms with E-state index < -0.39 is 21.4 Å². The molecule has 1 aliphatic rings. The van der Waals surface area contributed by atoms with E-state index in [1.165, 1.54) is 6.07 Å². The highest BCUT2D eigenvalue weighted by molar-refractivity contribution is 7.91. The Labute approximate surface area is 127 Å². The molecule has 0 atom stereocenters. The lowest BCUT2D eigenvalue weighted by Crippen LogP contribution is -2.41. The summed E-state index contributed by atoms with van der Waals surface area (Å²) in [7, 11) is -3.70. The topological polar surface area (TPSA) is 83.5 Å². The average Bonchev–Trinajstić information content (AvgIpc) is 2.96. The van der Waals surface area contributed by atoms with E-state index in [1.54, 1.807) is 6.92 Å². The molecule has 2 N–H and O–H groups in total. The van der Waals surface area contributed by atoms with Crippen LogP contribution in [0.5, 0.6) is 0 Å². The summed E-state index contributed by atoms with van der Waals surface area (Å²) in [5.74, 6) is -0.932. The number of carboxylic acids is 1. The summed E-state index contributed by atoms with van der Waals surface area (Å²) in [6, 6.07) is 1.50. The number of halogens is 1. The summed E-state index contributed by atoms with van der Waals surface area (Å²) in [6.07, 6.45) is 2.65. The molecule has 0 aromatic carbocycles. The maximum atomic E-state index is 12.2. The van der Waals surface area contributed by atoms with Gasteiger partial charge in [-0.15, -0.1) is 11.3 Å². The molecule has 0 spiro atoms. The van der Waals surface area contributed by atoms with Gasteiger partial charge in [0.25, 0.3) is 0 Å². The molecular weight excluding hydrogens is 322 g/mol. The standard InChI is InChI=1S/C12H16ClNO4S2/c1-8-6-9(19-10(8)13)20(17,18)14-7-12(11(15)16)4-2-3-5-12/h6,14H,2-5,7H2,1H3,(H,15,16). The van der Waals surface area contributed by atoms with Gasteiger partial charge in [-0.05, 0) is 31.4 Å². The van der Waals surface area contributed by atoms with Gasteiger partial charge in [-0.1, -0.05) is 24.4 Å². The fourth-order valence-electron chi connectivity index (χ4n) is 2.39. The summed E-state index contributed by atoms with van der Waals surface area (Å²) >= 11 is 6.85. The van der Waals surface area contributed by atoms with Gasteiger partial charge in [-0.25, -0.2) is 13.1 Å². The molecule has 1 aliphatic carbocycles. The average molecular weight is 338 g/mol. The quantitative estimate of drug-likeness (QED) is 0.865. The van der Waals surface area contributed by atoms with Crippen LogP contribution in [0.3, 0.4) is 0 Å². The Balaban J connectivity index is 2.15. The van der Waals surface area contributed by atoms with E-state index in [0.717, 1.165) is 24.2 Å². The lowest BCUT2D eigenvalue weighted by Gasteiger charge is -2.23. The molecule has 0 amide bonds. The zero-order valence-corrected chi connectivity index (χ0v) is 13.4. The first-order valence-corrected chi connectivity index (χ1v) is 8.94. The minimum absolute atomic E-state index is 0.0702. The molecule has 0 saturated heterocycles. The lowest BCUT2D eigenvalue weighted by atomic mass is 9.87. The van der Waals surface area contributed by atoms with Crippen LogP contribution in [0.15, 0.2) is 10.3 Å². The zero-order valence-electron chi connectivity index (χ0n) is 11.0. The van der Waals surface area contributed by atoms with Crippen molar-refractivity contribution in [1.82, 2.24) is 4.72 Å². The van der Waals surface area contributed by atoms with Crippen molar-refractivity contribution in [3.8, 4) is 0 Å². The molecule has 1 heterocycles. The summed E-state index contributed by atoms with van der Waals surface area (Å²) < 4.78 is 27.3. The molecule has 0 radical (unpaired) electrons. The maximum Gasteiger partial charge on any atom is 0.310 e. The molecule has 8 heteroatoms. The number of carbonyl (C=O) groups is 1. The Morgan fingerprint density at radius 2 is 2.10 bits per heavy atom. The van der Waals surface area contributed by atoms with Crippen molar-refractivity contribution < 1.29 is 18.3 Å². The Bertz CT molecular complexity index is 598. The molecule has 0 unspecified atom stereocenters. The molecule has 1 aromatic heterocycles. The van der Waals surface area contributed by atoms with Gasteiger partial charge in [0.05, 0.1) is 9.75 Å². The van der Waals surface area contributed by atoms with Crippen molar-refractivity contribution in [3.63, 3.8) is 0 Å². The third kappa shape index (κ3) is 3.00. The third-order valence-corrected chi connectivity index (χ3v) is 7.14. The SMILES string of the molecule is Cc1cc(S(=O)(=O)NCC2(C(=O)O)CCCC2)sc1Cl. The largest absolute Gasteiger partial charge is 0.481 e. The van der Waals surface area contributed by atoms with Crippen LogP contribution >= 0.6 is 22.9 Å². The van der Waals surface area contributed by atoms with Crippen molar-refractivity contribution in [1.29, 1.82) is 0 Å². The fraction of sp³-hybridized carbons (Fsp3) is 0.583. The monoisotopic (exact) mass is 337 g/mol. The Hall–Kier alpha value is -0.630. The van der Waals surface area contributed by atoms with Gasteiger partial charge < -0.3 is 5.11 Å². The van der Waals surface area contributed by atoms with Crippen LogP contribution in [0.1, 0.15) is 31.2 Å². The van der Waals surface area contributed by atoms with Gasteiger partial charge in [-0.2, -0.15) is 0 Å². The number of rotatable bonds is 5. The predicted octanol–water partition coefficient (Wildman–Crippen LogP) is 2.63. The first-order chi connectivity index (χ1) is 9.27. The normalized spacial score (nSPS) is 18.3.